The van der Waals surface area contributed by atoms with Crippen molar-refractivity contribution in [3.05, 3.63) is 106 Å². The van der Waals surface area contributed by atoms with Gasteiger partial charge in [-0.25, -0.2) is 0 Å². The Morgan fingerprint density at radius 2 is 1.38 bits per heavy atom. The van der Waals surface area contributed by atoms with Crippen LogP contribution < -0.4 is 0 Å². The van der Waals surface area contributed by atoms with E-state index < -0.39 is 0 Å². The lowest BCUT2D eigenvalue weighted by molar-refractivity contribution is -0.146. The predicted octanol–water partition coefficient (Wildman–Crippen LogP) is 5.48. The smallest absolute Gasteiger partial charge is 0.310 e. The quantitative estimate of drug-likeness (QED) is 0.403. The number of hydrogen-bond acceptors (Lipinski definition) is 3. The third-order valence-electron chi connectivity index (χ3n) is 4.94. The summed E-state index contributed by atoms with van der Waals surface area (Å²) < 4.78 is 6.16. The lowest BCUT2D eigenvalue weighted by atomic mass is 9.98. The van der Waals surface area contributed by atoms with Crippen molar-refractivity contribution in [1.29, 1.82) is 0 Å². The molecule has 3 rings (SSSR count). The number of ether oxygens (including phenoxy) is 1. The molecule has 0 amide bonds. The Hall–Kier alpha value is -2.43. The molecule has 0 unspecified atom stereocenters. The SMILES string of the molecule is COC(=O)[C@@H](Cc1ccccc1Br)CN(Cc1ccccc1)Cc1ccccc1. The van der Waals surface area contributed by atoms with E-state index in [0.717, 1.165) is 23.1 Å². The van der Waals surface area contributed by atoms with E-state index in [1.54, 1.807) is 0 Å². The molecule has 0 radical (unpaired) electrons. The standard InChI is InChI=1S/C25H26BrNO2/c1-29-25(28)23(16-22-14-8-9-15-24(22)26)19-27(17-20-10-4-2-5-11-20)18-21-12-6-3-7-13-21/h2-15,23H,16-19H2,1H3/t23-/m0/s1. The maximum Gasteiger partial charge on any atom is 0.310 e. The van der Waals surface area contributed by atoms with Gasteiger partial charge in [0.05, 0.1) is 13.0 Å². The highest BCUT2D eigenvalue weighted by molar-refractivity contribution is 9.10. The highest BCUT2D eigenvalue weighted by Gasteiger charge is 2.24. The first-order valence-electron chi connectivity index (χ1n) is 9.77. The van der Waals surface area contributed by atoms with E-state index in [9.17, 15) is 4.79 Å². The van der Waals surface area contributed by atoms with Gasteiger partial charge in [0.25, 0.3) is 0 Å². The fourth-order valence-corrected chi connectivity index (χ4v) is 3.95. The minimum atomic E-state index is -0.244. The molecule has 0 heterocycles. The number of hydrogen-bond donors (Lipinski definition) is 0. The van der Waals surface area contributed by atoms with E-state index in [1.807, 2.05) is 30.3 Å². The molecule has 0 spiro atoms. The molecule has 0 aliphatic heterocycles. The highest BCUT2D eigenvalue weighted by Crippen LogP contribution is 2.22. The number of carbonyl (C=O) groups excluding carboxylic acids is 1. The van der Waals surface area contributed by atoms with Crippen LogP contribution in [0.25, 0.3) is 0 Å². The van der Waals surface area contributed by atoms with Gasteiger partial charge in [0.15, 0.2) is 0 Å². The summed E-state index contributed by atoms with van der Waals surface area (Å²) in [5, 5.41) is 0. The van der Waals surface area contributed by atoms with Crippen molar-refractivity contribution >= 4 is 21.9 Å². The number of rotatable bonds is 9. The van der Waals surface area contributed by atoms with Gasteiger partial charge in [0.1, 0.15) is 0 Å². The molecule has 3 nitrogen and oxygen atoms in total. The molecule has 29 heavy (non-hydrogen) atoms. The summed E-state index contributed by atoms with van der Waals surface area (Å²) in [7, 11) is 1.47. The average Bonchev–Trinajstić information content (AvgIpc) is 2.75. The van der Waals surface area contributed by atoms with Gasteiger partial charge in [0.2, 0.25) is 0 Å². The lowest BCUT2D eigenvalue weighted by Gasteiger charge is -2.27. The van der Waals surface area contributed by atoms with E-state index in [2.05, 4.69) is 75.4 Å². The van der Waals surface area contributed by atoms with Crippen LogP contribution in [0.5, 0.6) is 0 Å². The Kier molecular flexibility index (Phi) is 8.03. The van der Waals surface area contributed by atoms with E-state index >= 15 is 0 Å². The van der Waals surface area contributed by atoms with Gasteiger partial charge >= 0.3 is 5.97 Å². The summed E-state index contributed by atoms with van der Waals surface area (Å²) in [5.74, 6) is -0.419. The summed E-state index contributed by atoms with van der Waals surface area (Å²) in [4.78, 5) is 14.9. The van der Waals surface area contributed by atoms with Crippen LogP contribution in [-0.4, -0.2) is 24.5 Å². The Balaban J connectivity index is 1.81. The van der Waals surface area contributed by atoms with Crippen LogP contribution in [0.4, 0.5) is 0 Å². The number of carbonyl (C=O) groups is 1. The number of methoxy groups -OCH3 is 1. The molecule has 0 N–H and O–H groups in total. The number of benzene rings is 3. The largest absolute Gasteiger partial charge is 0.469 e. The first-order valence-corrected chi connectivity index (χ1v) is 10.6. The molecule has 3 aromatic rings. The number of nitrogens with zero attached hydrogens (tertiary/aromatic N) is 1. The third-order valence-corrected chi connectivity index (χ3v) is 5.71. The van der Waals surface area contributed by atoms with Gasteiger partial charge in [-0.1, -0.05) is 94.8 Å². The molecule has 0 aliphatic rings. The third kappa shape index (κ3) is 6.55. The zero-order chi connectivity index (χ0) is 20.5. The molecule has 3 aromatic carbocycles. The Labute approximate surface area is 181 Å². The molecule has 0 bridgehead atoms. The molecule has 4 heteroatoms. The monoisotopic (exact) mass is 451 g/mol. The molecule has 0 saturated heterocycles. The van der Waals surface area contributed by atoms with Crippen LogP contribution in [0, 0.1) is 5.92 Å². The van der Waals surface area contributed by atoms with E-state index in [-0.39, 0.29) is 11.9 Å². The van der Waals surface area contributed by atoms with Crippen molar-refractivity contribution in [1.82, 2.24) is 4.90 Å². The maximum absolute atomic E-state index is 12.6. The van der Waals surface area contributed by atoms with E-state index in [1.165, 1.54) is 18.2 Å². The zero-order valence-electron chi connectivity index (χ0n) is 16.6. The topological polar surface area (TPSA) is 29.5 Å². The molecule has 150 valence electrons. The summed E-state index contributed by atoms with van der Waals surface area (Å²) in [5.41, 5.74) is 3.57. The Morgan fingerprint density at radius 3 is 1.90 bits per heavy atom. The summed E-state index contributed by atoms with van der Waals surface area (Å²) in [6, 6.07) is 28.8. The number of esters is 1. The Bertz CT molecular complexity index is 857. The number of halogens is 1. The van der Waals surface area contributed by atoms with Crippen molar-refractivity contribution < 1.29 is 9.53 Å². The van der Waals surface area contributed by atoms with Gasteiger partial charge in [-0.2, -0.15) is 0 Å². The van der Waals surface area contributed by atoms with Gasteiger partial charge in [-0.05, 0) is 29.2 Å². The zero-order valence-corrected chi connectivity index (χ0v) is 18.2. The molecule has 0 saturated carbocycles. The predicted molar refractivity (Wildman–Crippen MR) is 120 cm³/mol. The van der Waals surface area contributed by atoms with Crippen molar-refractivity contribution in [3.63, 3.8) is 0 Å². The molecular formula is C25H26BrNO2. The van der Waals surface area contributed by atoms with Crippen LogP contribution >= 0.6 is 15.9 Å². The summed E-state index contributed by atoms with van der Waals surface area (Å²) in [6.45, 7) is 2.18. The summed E-state index contributed by atoms with van der Waals surface area (Å²) >= 11 is 3.60. The molecular weight excluding hydrogens is 426 g/mol. The van der Waals surface area contributed by atoms with Crippen LogP contribution in [0.15, 0.2) is 89.4 Å². The maximum atomic E-state index is 12.6. The van der Waals surface area contributed by atoms with Gasteiger partial charge < -0.3 is 4.74 Å². The second kappa shape index (κ2) is 10.9. The average molecular weight is 452 g/mol. The van der Waals surface area contributed by atoms with Crippen molar-refractivity contribution in [2.24, 2.45) is 5.92 Å². The molecule has 0 fully saturated rings. The van der Waals surface area contributed by atoms with E-state index in [0.29, 0.717) is 13.0 Å². The minimum absolute atomic E-state index is 0.174. The fraction of sp³-hybridized carbons (Fsp3) is 0.240. The first kappa shape index (κ1) is 21.3. The first-order chi connectivity index (χ1) is 14.2. The van der Waals surface area contributed by atoms with Crippen molar-refractivity contribution in [3.8, 4) is 0 Å². The van der Waals surface area contributed by atoms with Gasteiger partial charge in [-0.15, -0.1) is 0 Å². The van der Waals surface area contributed by atoms with Crippen LogP contribution in [0.1, 0.15) is 16.7 Å². The van der Waals surface area contributed by atoms with Crippen LogP contribution in [-0.2, 0) is 29.0 Å². The Morgan fingerprint density at radius 1 is 0.862 bits per heavy atom. The molecule has 1 atom stereocenters. The highest BCUT2D eigenvalue weighted by atomic mass is 79.9. The normalized spacial score (nSPS) is 12.0. The fourth-order valence-electron chi connectivity index (χ4n) is 3.50. The molecule has 0 aromatic heterocycles. The molecule has 0 aliphatic carbocycles. The second-order valence-electron chi connectivity index (χ2n) is 7.16. The van der Waals surface area contributed by atoms with Gasteiger partial charge in [0, 0.05) is 24.1 Å². The van der Waals surface area contributed by atoms with Crippen molar-refractivity contribution in [2.45, 2.75) is 19.5 Å². The second-order valence-corrected chi connectivity index (χ2v) is 8.01. The lowest BCUT2D eigenvalue weighted by Crippen LogP contribution is -2.34. The minimum Gasteiger partial charge on any atom is -0.469 e. The van der Waals surface area contributed by atoms with E-state index in [4.69, 9.17) is 4.74 Å². The van der Waals surface area contributed by atoms with Gasteiger partial charge in [-0.3, -0.25) is 9.69 Å². The van der Waals surface area contributed by atoms with Crippen molar-refractivity contribution in [2.75, 3.05) is 13.7 Å². The summed E-state index contributed by atoms with van der Waals surface area (Å²) in [6.07, 6.45) is 0.633. The van der Waals surface area contributed by atoms with Crippen LogP contribution in [0.3, 0.4) is 0 Å². The van der Waals surface area contributed by atoms with Crippen LogP contribution in [0.2, 0.25) is 0 Å².